The molecule has 1 aromatic rings. The van der Waals surface area contributed by atoms with E-state index in [1.54, 1.807) is 10.3 Å². The van der Waals surface area contributed by atoms with Crippen molar-refractivity contribution < 1.29 is 19.4 Å². The Bertz CT molecular complexity index is 535. The van der Waals surface area contributed by atoms with Gasteiger partial charge in [-0.25, -0.2) is 4.98 Å². The Kier molecular flexibility index (Phi) is 4.63. The zero-order chi connectivity index (χ0) is 15.6. The van der Waals surface area contributed by atoms with Crippen molar-refractivity contribution in [1.82, 2.24) is 9.88 Å². The smallest absolute Gasteiger partial charge is 0.306 e. The molecule has 0 bridgehead atoms. The van der Waals surface area contributed by atoms with E-state index in [0.29, 0.717) is 25.4 Å². The first-order valence-corrected chi connectivity index (χ1v) is 7.74. The van der Waals surface area contributed by atoms with E-state index in [2.05, 4.69) is 25.8 Å². The molecule has 0 saturated carbocycles. The SMILES string of the molecule is CC(C)(C)c1nc(C(=O)N2CCOC(CC(=O)O)C2)cs1. The highest BCUT2D eigenvalue weighted by molar-refractivity contribution is 7.10. The number of amides is 1. The molecule has 1 aliphatic rings. The van der Waals surface area contributed by atoms with E-state index in [-0.39, 0.29) is 17.7 Å². The molecule has 1 amide bonds. The minimum atomic E-state index is -0.919. The Labute approximate surface area is 127 Å². The van der Waals surface area contributed by atoms with Crippen molar-refractivity contribution in [2.45, 2.75) is 38.7 Å². The van der Waals surface area contributed by atoms with Gasteiger partial charge in [0.2, 0.25) is 0 Å². The van der Waals surface area contributed by atoms with E-state index in [1.807, 2.05) is 0 Å². The number of rotatable bonds is 3. The van der Waals surface area contributed by atoms with Crippen LogP contribution in [0.3, 0.4) is 0 Å². The van der Waals surface area contributed by atoms with Gasteiger partial charge in [0, 0.05) is 23.9 Å². The number of carboxylic acid groups (broad SMARTS) is 1. The topological polar surface area (TPSA) is 79.7 Å². The number of carboxylic acids is 1. The third kappa shape index (κ3) is 4.01. The predicted molar refractivity (Wildman–Crippen MR) is 78.7 cm³/mol. The number of carbonyl (C=O) groups is 2. The van der Waals surface area contributed by atoms with Crippen LogP contribution in [0.1, 0.15) is 42.7 Å². The molecule has 1 atom stereocenters. The maximum Gasteiger partial charge on any atom is 0.306 e. The third-order valence-electron chi connectivity index (χ3n) is 3.19. The van der Waals surface area contributed by atoms with Crippen LogP contribution in [0, 0.1) is 0 Å². The van der Waals surface area contributed by atoms with Crippen LogP contribution in [0.15, 0.2) is 5.38 Å². The Balaban J connectivity index is 2.05. The summed E-state index contributed by atoms with van der Waals surface area (Å²) in [5.41, 5.74) is 0.348. The molecule has 0 aliphatic carbocycles. The summed E-state index contributed by atoms with van der Waals surface area (Å²) < 4.78 is 5.37. The molecular weight excluding hydrogens is 292 g/mol. The van der Waals surface area contributed by atoms with Crippen molar-refractivity contribution in [3.63, 3.8) is 0 Å². The average molecular weight is 312 g/mol. The molecule has 21 heavy (non-hydrogen) atoms. The van der Waals surface area contributed by atoms with Gasteiger partial charge in [-0.15, -0.1) is 11.3 Å². The van der Waals surface area contributed by atoms with Crippen molar-refractivity contribution in [2.75, 3.05) is 19.7 Å². The van der Waals surface area contributed by atoms with E-state index in [0.717, 1.165) is 5.01 Å². The Morgan fingerprint density at radius 2 is 2.24 bits per heavy atom. The minimum absolute atomic E-state index is 0.0833. The van der Waals surface area contributed by atoms with Gasteiger partial charge in [0.1, 0.15) is 5.69 Å². The highest BCUT2D eigenvalue weighted by atomic mass is 32.1. The Hall–Kier alpha value is -1.47. The summed E-state index contributed by atoms with van der Waals surface area (Å²) in [5, 5.41) is 11.5. The first kappa shape index (κ1) is 15.9. The van der Waals surface area contributed by atoms with Crippen LogP contribution in [0.2, 0.25) is 0 Å². The van der Waals surface area contributed by atoms with Crippen molar-refractivity contribution >= 4 is 23.2 Å². The van der Waals surface area contributed by atoms with E-state index in [1.165, 1.54) is 11.3 Å². The van der Waals surface area contributed by atoms with Crippen LogP contribution in [0.5, 0.6) is 0 Å². The van der Waals surface area contributed by atoms with Crippen LogP contribution in [0.25, 0.3) is 0 Å². The van der Waals surface area contributed by atoms with Crippen molar-refractivity contribution in [3.05, 3.63) is 16.1 Å². The zero-order valence-electron chi connectivity index (χ0n) is 12.5. The third-order valence-corrected chi connectivity index (χ3v) is 4.46. The maximum atomic E-state index is 12.4. The van der Waals surface area contributed by atoms with E-state index in [9.17, 15) is 9.59 Å². The standard InChI is InChI=1S/C14H20N2O4S/c1-14(2,3)13-15-10(8-21-13)12(19)16-4-5-20-9(7-16)6-11(17)18/h8-9H,4-7H2,1-3H3,(H,17,18). The number of thiazole rings is 1. The van der Waals surface area contributed by atoms with Crippen LogP contribution >= 0.6 is 11.3 Å². The summed E-state index contributed by atoms with van der Waals surface area (Å²) in [4.78, 5) is 29.2. The Morgan fingerprint density at radius 3 is 2.81 bits per heavy atom. The van der Waals surface area contributed by atoms with Gasteiger partial charge in [-0.05, 0) is 0 Å². The summed E-state index contributed by atoms with van der Waals surface area (Å²) in [7, 11) is 0. The van der Waals surface area contributed by atoms with Crippen LogP contribution in [-0.4, -0.2) is 52.7 Å². The van der Waals surface area contributed by atoms with Crippen molar-refractivity contribution in [1.29, 1.82) is 0 Å². The number of carbonyl (C=O) groups excluding carboxylic acids is 1. The number of nitrogens with zero attached hydrogens (tertiary/aromatic N) is 2. The lowest BCUT2D eigenvalue weighted by molar-refractivity contribution is -0.141. The highest BCUT2D eigenvalue weighted by Gasteiger charge is 2.28. The monoisotopic (exact) mass is 312 g/mol. The van der Waals surface area contributed by atoms with Gasteiger partial charge in [-0.1, -0.05) is 20.8 Å². The number of aliphatic carboxylic acids is 1. The van der Waals surface area contributed by atoms with Crippen molar-refractivity contribution in [3.8, 4) is 0 Å². The molecule has 1 aromatic heterocycles. The van der Waals surface area contributed by atoms with Gasteiger partial charge in [-0.2, -0.15) is 0 Å². The molecule has 0 spiro atoms. The minimum Gasteiger partial charge on any atom is -0.481 e. The average Bonchev–Trinajstić information content (AvgIpc) is 2.86. The maximum absolute atomic E-state index is 12.4. The lowest BCUT2D eigenvalue weighted by Crippen LogP contribution is -2.46. The van der Waals surface area contributed by atoms with E-state index in [4.69, 9.17) is 9.84 Å². The number of hydrogen-bond donors (Lipinski definition) is 1. The molecule has 6 nitrogen and oxygen atoms in total. The molecule has 116 valence electrons. The van der Waals surface area contributed by atoms with Crippen LogP contribution in [0.4, 0.5) is 0 Å². The number of aromatic nitrogens is 1. The number of hydrogen-bond acceptors (Lipinski definition) is 5. The first-order valence-electron chi connectivity index (χ1n) is 6.86. The molecule has 1 saturated heterocycles. The molecule has 2 rings (SSSR count). The summed E-state index contributed by atoms with van der Waals surface area (Å²) >= 11 is 1.48. The molecular formula is C14H20N2O4S. The number of morpholine rings is 1. The fraction of sp³-hybridized carbons (Fsp3) is 0.643. The zero-order valence-corrected chi connectivity index (χ0v) is 13.3. The first-order chi connectivity index (χ1) is 9.77. The fourth-order valence-electron chi connectivity index (χ4n) is 2.10. The normalized spacial score (nSPS) is 19.6. The van der Waals surface area contributed by atoms with Gasteiger partial charge in [0.05, 0.1) is 24.1 Å². The molecule has 0 aromatic carbocycles. The molecule has 1 unspecified atom stereocenters. The lowest BCUT2D eigenvalue weighted by atomic mass is 9.98. The lowest BCUT2D eigenvalue weighted by Gasteiger charge is -2.31. The summed E-state index contributed by atoms with van der Waals surface area (Å²) in [5.74, 6) is -1.07. The largest absolute Gasteiger partial charge is 0.481 e. The van der Waals surface area contributed by atoms with Gasteiger partial charge >= 0.3 is 5.97 Å². The summed E-state index contributed by atoms with van der Waals surface area (Å²) in [6.07, 6.45) is -0.533. The van der Waals surface area contributed by atoms with Gasteiger partial charge < -0.3 is 14.7 Å². The summed E-state index contributed by atoms with van der Waals surface area (Å²) in [6.45, 7) is 7.29. The Morgan fingerprint density at radius 1 is 1.52 bits per heavy atom. The molecule has 1 N–H and O–H groups in total. The molecule has 0 radical (unpaired) electrons. The number of ether oxygens (including phenoxy) is 1. The highest BCUT2D eigenvalue weighted by Crippen LogP contribution is 2.26. The molecule has 1 fully saturated rings. The van der Waals surface area contributed by atoms with Crippen LogP contribution < -0.4 is 0 Å². The van der Waals surface area contributed by atoms with Crippen LogP contribution in [-0.2, 0) is 14.9 Å². The van der Waals surface area contributed by atoms with Gasteiger partial charge in [0.15, 0.2) is 0 Å². The predicted octanol–water partition coefficient (Wildman–Crippen LogP) is 1.76. The van der Waals surface area contributed by atoms with Crippen molar-refractivity contribution in [2.24, 2.45) is 0 Å². The van der Waals surface area contributed by atoms with Gasteiger partial charge in [-0.3, -0.25) is 9.59 Å². The van der Waals surface area contributed by atoms with Gasteiger partial charge in [0.25, 0.3) is 5.91 Å². The molecule has 2 heterocycles. The van der Waals surface area contributed by atoms with E-state index < -0.39 is 12.1 Å². The molecule has 1 aliphatic heterocycles. The summed E-state index contributed by atoms with van der Waals surface area (Å²) in [6, 6.07) is 0. The quantitative estimate of drug-likeness (QED) is 0.920. The second-order valence-electron chi connectivity index (χ2n) is 6.13. The molecule has 7 heteroatoms. The fourth-order valence-corrected chi connectivity index (χ4v) is 2.98. The second kappa shape index (κ2) is 6.11. The van der Waals surface area contributed by atoms with E-state index >= 15 is 0 Å². The second-order valence-corrected chi connectivity index (χ2v) is 6.99.